The first kappa shape index (κ1) is 14.7. The van der Waals surface area contributed by atoms with Crippen molar-refractivity contribution in [3.8, 4) is 11.4 Å². The third kappa shape index (κ3) is 4.39. The Hall–Kier alpha value is -2.73. The maximum Gasteiger partial charge on any atom is 0.404 e. The van der Waals surface area contributed by atoms with Crippen molar-refractivity contribution in [3.63, 3.8) is 0 Å². The number of amides is 1. The third-order valence-corrected chi connectivity index (χ3v) is 2.72. The van der Waals surface area contributed by atoms with Crippen LogP contribution in [0.4, 0.5) is 4.79 Å². The molecule has 0 aliphatic carbocycles. The van der Waals surface area contributed by atoms with Crippen molar-refractivity contribution >= 4 is 12.2 Å². The Morgan fingerprint density at radius 2 is 2.05 bits per heavy atom. The van der Waals surface area contributed by atoms with E-state index in [1.807, 2.05) is 24.3 Å². The van der Waals surface area contributed by atoms with E-state index in [1.165, 1.54) is 0 Å². The number of aliphatic hydroxyl groups excluding tert-OH is 1. The SMILES string of the molecule is O=C(O)NC/C=C/c1cnc(-c2cccc(CO)c2)nc1. The zero-order valence-corrected chi connectivity index (χ0v) is 11.2. The van der Waals surface area contributed by atoms with Crippen molar-refractivity contribution < 1.29 is 15.0 Å². The monoisotopic (exact) mass is 285 g/mol. The Bertz CT molecular complexity index is 639. The average Bonchev–Trinajstić information content (AvgIpc) is 2.52. The average molecular weight is 285 g/mol. The van der Waals surface area contributed by atoms with Gasteiger partial charge in [0, 0.05) is 30.1 Å². The van der Waals surface area contributed by atoms with Crippen molar-refractivity contribution in [2.45, 2.75) is 6.61 Å². The van der Waals surface area contributed by atoms with E-state index in [0.29, 0.717) is 5.82 Å². The summed E-state index contributed by atoms with van der Waals surface area (Å²) < 4.78 is 0. The Balaban J connectivity index is 2.06. The lowest BCUT2D eigenvalue weighted by molar-refractivity contribution is 0.195. The van der Waals surface area contributed by atoms with Gasteiger partial charge in [0.25, 0.3) is 0 Å². The van der Waals surface area contributed by atoms with Crippen LogP contribution in [-0.4, -0.2) is 32.8 Å². The largest absolute Gasteiger partial charge is 0.465 e. The molecule has 0 spiro atoms. The molecule has 6 nitrogen and oxygen atoms in total. The molecule has 0 bridgehead atoms. The van der Waals surface area contributed by atoms with Gasteiger partial charge in [-0.25, -0.2) is 14.8 Å². The van der Waals surface area contributed by atoms with Gasteiger partial charge in [0.2, 0.25) is 0 Å². The summed E-state index contributed by atoms with van der Waals surface area (Å²) in [6.45, 7) is 0.209. The van der Waals surface area contributed by atoms with E-state index in [-0.39, 0.29) is 13.2 Å². The van der Waals surface area contributed by atoms with E-state index >= 15 is 0 Å². The molecule has 6 heteroatoms. The Labute approximate surface area is 121 Å². The standard InChI is InChI=1S/C15H15N3O3/c19-10-11-3-1-5-13(7-11)14-17-8-12(9-18-14)4-2-6-16-15(20)21/h1-5,7-9,16,19H,6,10H2,(H,20,21)/b4-2+. The highest BCUT2D eigenvalue weighted by atomic mass is 16.4. The second kappa shape index (κ2) is 7.16. The van der Waals surface area contributed by atoms with Crippen LogP contribution in [0.25, 0.3) is 17.5 Å². The Kier molecular flexibility index (Phi) is 5.00. The molecule has 1 aromatic carbocycles. The van der Waals surface area contributed by atoms with Crippen LogP contribution < -0.4 is 5.32 Å². The predicted octanol–water partition coefficient (Wildman–Crippen LogP) is 1.92. The van der Waals surface area contributed by atoms with Crippen LogP contribution in [0.5, 0.6) is 0 Å². The van der Waals surface area contributed by atoms with Gasteiger partial charge in [0.1, 0.15) is 0 Å². The molecule has 0 saturated carbocycles. The Morgan fingerprint density at radius 1 is 1.29 bits per heavy atom. The number of aromatic nitrogens is 2. The predicted molar refractivity (Wildman–Crippen MR) is 78.5 cm³/mol. The van der Waals surface area contributed by atoms with E-state index in [9.17, 15) is 4.79 Å². The smallest absolute Gasteiger partial charge is 0.404 e. The van der Waals surface area contributed by atoms with E-state index in [4.69, 9.17) is 10.2 Å². The van der Waals surface area contributed by atoms with E-state index in [0.717, 1.165) is 16.7 Å². The minimum atomic E-state index is -1.06. The molecule has 1 heterocycles. The number of nitrogens with zero attached hydrogens (tertiary/aromatic N) is 2. The van der Waals surface area contributed by atoms with Crippen LogP contribution in [0.15, 0.2) is 42.7 Å². The lowest BCUT2D eigenvalue weighted by Crippen LogP contribution is -2.20. The Morgan fingerprint density at radius 3 is 2.71 bits per heavy atom. The molecule has 0 aliphatic rings. The lowest BCUT2D eigenvalue weighted by atomic mass is 10.1. The molecule has 0 saturated heterocycles. The maximum atomic E-state index is 10.3. The van der Waals surface area contributed by atoms with Crippen LogP contribution in [0.3, 0.4) is 0 Å². The fraction of sp³-hybridized carbons (Fsp3) is 0.133. The van der Waals surface area contributed by atoms with E-state index in [1.54, 1.807) is 24.5 Å². The maximum absolute atomic E-state index is 10.3. The van der Waals surface area contributed by atoms with Crippen molar-refractivity contribution in [3.05, 3.63) is 53.9 Å². The van der Waals surface area contributed by atoms with Gasteiger partial charge < -0.3 is 15.5 Å². The number of nitrogens with one attached hydrogen (secondary N) is 1. The van der Waals surface area contributed by atoms with Gasteiger partial charge in [-0.3, -0.25) is 0 Å². The summed E-state index contributed by atoms with van der Waals surface area (Å²) in [7, 11) is 0. The van der Waals surface area contributed by atoms with E-state index < -0.39 is 6.09 Å². The zero-order chi connectivity index (χ0) is 15.1. The second-order valence-electron chi connectivity index (χ2n) is 4.29. The van der Waals surface area contributed by atoms with Crippen LogP contribution >= 0.6 is 0 Å². The topological polar surface area (TPSA) is 95.3 Å². The number of carbonyl (C=O) groups is 1. The molecule has 1 aromatic heterocycles. The van der Waals surface area contributed by atoms with Gasteiger partial charge in [0.15, 0.2) is 5.82 Å². The number of aliphatic hydroxyl groups is 1. The van der Waals surface area contributed by atoms with Crippen LogP contribution in [0.2, 0.25) is 0 Å². The number of hydrogen-bond acceptors (Lipinski definition) is 4. The number of hydrogen-bond donors (Lipinski definition) is 3. The molecule has 2 aromatic rings. The summed E-state index contributed by atoms with van der Waals surface area (Å²) in [5.41, 5.74) is 2.42. The summed E-state index contributed by atoms with van der Waals surface area (Å²) in [6, 6.07) is 7.38. The highest BCUT2D eigenvalue weighted by Crippen LogP contribution is 2.16. The number of rotatable bonds is 5. The van der Waals surface area contributed by atoms with Gasteiger partial charge in [-0.15, -0.1) is 0 Å². The molecule has 1 amide bonds. The van der Waals surface area contributed by atoms with Gasteiger partial charge in [-0.05, 0) is 11.6 Å². The third-order valence-electron chi connectivity index (χ3n) is 2.72. The summed E-state index contributed by atoms with van der Waals surface area (Å²) in [6.07, 6.45) is 5.68. The summed E-state index contributed by atoms with van der Waals surface area (Å²) in [5.74, 6) is 0.575. The molecule has 0 unspecified atom stereocenters. The van der Waals surface area contributed by atoms with Gasteiger partial charge in [-0.2, -0.15) is 0 Å². The van der Waals surface area contributed by atoms with Crippen molar-refractivity contribution in [1.29, 1.82) is 0 Å². The summed E-state index contributed by atoms with van der Waals surface area (Å²) >= 11 is 0. The first-order valence-corrected chi connectivity index (χ1v) is 6.34. The molecule has 108 valence electrons. The summed E-state index contributed by atoms with van der Waals surface area (Å²) in [5, 5.41) is 19.8. The normalized spacial score (nSPS) is 10.7. The minimum absolute atomic E-state index is 0.0226. The van der Waals surface area contributed by atoms with Gasteiger partial charge in [-0.1, -0.05) is 30.4 Å². The number of benzene rings is 1. The van der Waals surface area contributed by atoms with Crippen molar-refractivity contribution in [2.24, 2.45) is 0 Å². The molecular weight excluding hydrogens is 270 g/mol. The fourth-order valence-corrected chi connectivity index (χ4v) is 1.72. The first-order valence-electron chi connectivity index (χ1n) is 6.34. The van der Waals surface area contributed by atoms with Gasteiger partial charge >= 0.3 is 6.09 Å². The van der Waals surface area contributed by atoms with Crippen LogP contribution in [0, 0.1) is 0 Å². The molecule has 0 fully saturated rings. The fourth-order valence-electron chi connectivity index (χ4n) is 1.72. The highest BCUT2D eigenvalue weighted by Gasteiger charge is 2.01. The molecule has 2 rings (SSSR count). The highest BCUT2D eigenvalue weighted by molar-refractivity contribution is 5.65. The molecule has 3 N–H and O–H groups in total. The number of carboxylic acid groups (broad SMARTS) is 1. The zero-order valence-electron chi connectivity index (χ0n) is 11.2. The summed E-state index contributed by atoms with van der Waals surface area (Å²) in [4.78, 5) is 18.8. The first-order chi connectivity index (χ1) is 10.2. The lowest BCUT2D eigenvalue weighted by Gasteiger charge is -2.02. The minimum Gasteiger partial charge on any atom is -0.465 e. The molecular formula is C15H15N3O3. The molecule has 0 aliphatic heterocycles. The quantitative estimate of drug-likeness (QED) is 0.780. The van der Waals surface area contributed by atoms with E-state index in [2.05, 4.69) is 15.3 Å². The van der Waals surface area contributed by atoms with Crippen molar-refractivity contribution in [2.75, 3.05) is 6.54 Å². The molecule has 21 heavy (non-hydrogen) atoms. The van der Waals surface area contributed by atoms with Crippen molar-refractivity contribution in [1.82, 2.24) is 15.3 Å². The second-order valence-corrected chi connectivity index (χ2v) is 4.29. The van der Waals surface area contributed by atoms with Crippen LogP contribution in [0.1, 0.15) is 11.1 Å². The van der Waals surface area contributed by atoms with Gasteiger partial charge in [0.05, 0.1) is 6.61 Å². The molecule has 0 radical (unpaired) electrons. The molecule has 0 atom stereocenters. The van der Waals surface area contributed by atoms with Crippen LogP contribution in [-0.2, 0) is 6.61 Å².